The van der Waals surface area contributed by atoms with Crippen LogP contribution in [0.25, 0.3) is 0 Å². The fourth-order valence-electron chi connectivity index (χ4n) is 3.16. The van der Waals surface area contributed by atoms with E-state index in [1.165, 1.54) is 0 Å². The molecule has 0 spiro atoms. The van der Waals surface area contributed by atoms with E-state index in [1.54, 1.807) is 19.1 Å². The molecule has 1 atom stereocenters. The van der Waals surface area contributed by atoms with Crippen LogP contribution < -0.4 is 10.6 Å². The summed E-state index contributed by atoms with van der Waals surface area (Å²) in [5.41, 5.74) is -0.0207. The van der Waals surface area contributed by atoms with E-state index in [1.807, 2.05) is 26.0 Å². The van der Waals surface area contributed by atoms with Gasteiger partial charge in [-0.25, -0.2) is 13.6 Å². The Morgan fingerprint density at radius 3 is 2.41 bits per heavy atom. The van der Waals surface area contributed by atoms with Gasteiger partial charge in [0.05, 0.1) is 5.69 Å². The molecule has 6 nitrogen and oxygen atoms in total. The molecule has 1 saturated heterocycles. The molecule has 2 aromatic rings. The molecular formula is C21H21F2N3O3. The van der Waals surface area contributed by atoms with Crippen LogP contribution in [-0.4, -0.2) is 29.3 Å². The molecule has 1 aliphatic heterocycles. The lowest BCUT2D eigenvalue weighted by Crippen LogP contribution is -2.42. The third kappa shape index (κ3) is 3.96. The summed E-state index contributed by atoms with van der Waals surface area (Å²) >= 11 is 0. The van der Waals surface area contributed by atoms with Gasteiger partial charge >= 0.3 is 6.03 Å². The van der Waals surface area contributed by atoms with Gasteiger partial charge in [0.1, 0.15) is 23.7 Å². The van der Waals surface area contributed by atoms with Crippen LogP contribution in [0.1, 0.15) is 37.8 Å². The fourth-order valence-corrected chi connectivity index (χ4v) is 3.16. The molecule has 1 fully saturated rings. The highest BCUT2D eigenvalue weighted by Gasteiger charge is 2.49. The van der Waals surface area contributed by atoms with E-state index in [2.05, 4.69) is 10.6 Å². The molecule has 4 amide bonds. The molecule has 0 aliphatic carbocycles. The molecule has 3 rings (SSSR count). The maximum absolute atomic E-state index is 13.7. The van der Waals surface area contributed by atoms with Crippen molar-refractivity contribution in [3.8, 4) is 0 Å². The second-order valence-corrected chi connectivity index (χ2v) is 7.40. The highest BCUT2D eigenvalue weighted by atomic mass is 19.1. The van der Waals surface area contributed by atoms with E-state index in [4.69, 9.17) is 0 Å². The Morgan fingerprint density at radius 2 is 1.79 bits per heavy atom. The van der Waals surface area contributed by atoms with Crippen LogP contribution in [0.3, 0.4) is 0 Å². The summed E-state index contributed by atoms with van der Waals surface area (Å²) < 4.78 is 26.9. The zero-order chi connectivity index (χ0) is 21.3. The first kappa shape index (κ1) is 20.4. The van der Waals surface area contributed by atoms with Crippen molar-refractivity contribution in [2.75, 3.05) is 11.9 Å². The topological polar surface area (TPSA) is 78.5 Å². The zero-order valence-corrected chi connectivity index (χ0v) is 16.3. The number of imide groups is 1. The number of urea groups is 1. The number of rotatable bonds is 5. The number of amides is 4. The van der Waals surface area contributed by atoms with Crippen molar-refractivity contribution in [1.29, 1.82) is 0 Å². The van der Waals surface area contributed by atoms with Gasteiger partial charge < -0.3 is 10.6 Å². The average Bonchev–Trinajstić information content (AvgIpc) is 2.89. The predicted octanol–water partition coefficient (Wildman–Crippen LogP) is 3.49. The minimum Gasteiger partial charge on any atom is -0.322 e. The van der Waals surface area contributed by atoms with Crippen molar-refractivity contribution in [2.45, 2.75) is 32.2 Å². The van der Waals surface area contributed by atoms with Crippen molar-refractivity contribution >= 4 is 23.5 Å². The van der Waals surface area contributed by atoms with Crippen molar-refractivity contribution in [3.05, 3.63) is 65.2 Å². The van der Waals surface area contributed by atoms with E-state index < -0.39 is 41.6 Å². The van der Waals surface area contributed by atoms with Gasteiger partial charge in [0.2, 0.25) is 5.91 Å². The Bertz CT molecular complexity index is 976. The summed E-state index contributed by atoms with van der Waals surface area (Å²) in [6.45, 7) is 5.02. The lowest BCUT2D eigenvalue weighted by Gasteiger charge is -2.22. The molecule has 29 heavy (non-hydrogen) atoms. The van der Waals surface area contributed by atoms with E-state index in [0.29, 0.717) is 11.5 Å². The van der Waals surface area contributed by atoms with Crippen LogP contribution in [0, 0.1) is 11.6 Å². The van der Waals surface area contributed by atoms with Crippen LogP contribution in [0.2, 0.25) is 0 Å². The van der Waals surface area contributed by atoms with Gasteiger partial charge in [0.15, 0.2) is 0 Å². The number of nitrogens with zero attached hydrogens (tertiary/aromatic N) is 1. The first-order chi connectivity index (χ1) is 13.6. The number of benzene rings is 2. The zero-order valence-electron chi connectivity index (χ0n) is 16.3. The predicted molar refractivity (Wildman–Crippen MR) is 103 cm³/mol. The highest BCUT2D eigenvalue weighted by Crippen LogP contribution is 2.30. The number of nitrogens with one attached hydrogen (secondary N) is 2. The molecule has 152 valence electrons. The Labute approximate surface area is 166 Å². The van der Waals surface area contributed by atoms with Gasteiger partial charge in [0.25, 0.3) is 5.91 Å². The number of carbonyl (C=O) groups excluding carboxylic acids is 3. The van der Waals surface area contributed by atoms with Crippen LogP contribution in [0.15, 0.2) is 42.5 Å². The first-order valence-electron chi connectivity index (χ1n) is 9.11. The minimum absolute atomic E-state index is 0.314. The van der Waals surface area contributed by atoms with Gasteiger partial charge in [0, 0.05) is 6.07 Å². The number of hydrogen-bond donors (Lipinski definition) is 2. The first-order valence-corrected chi connectivity index (χ1v) is 9.11. The average molecular weight is 401 g/mol. The fraction of sp³-hybridized carbons (Fsp3) is 0.286. The van der Waals surface area contributed by atoms with Gasteiger partial charge in [-0.05, 0) is 36.1 Å². The monoisotopic (exact) mass is 401 g/mol. The molecule has 0 bridgehead atoms. The van der Waals surface area contributed by atoms with Crippen LogP contribution in [-0.2, 0) is 15.1 Å². The number of hydrogen-bond acceptors (Lipinski definition) is 3. The van der Waals surface area contributed by atoms with Gasteiger partial charge in [-0.2, -0.15) is 0 Å². The smallest absolute Gasteiger partial charge is 0.322 e. The van der Waals surface area contributed by atoms with E-state index >= 15 is 0 Å². The highest BCUT2D eigenvalue weighted by molar-refractivity contribution is 6.10. The van der Waals surface area contributed by atoms with E-state index in [0.717, 1.165) is 28.7 Å². The summed E-state index contributed by atoms with van der Waals surface area (Å²) in [4.78, 5) is 38.2. The van der Waals surface area contributed by atoms with Gasteiger partial charge in [-0.3, -0.25) is 14.5 Å². The molecule has 0 aromatic heterocycles. The summed E-state index contributed by atoms with van der Waals surface area (Å²) in [6.07, 6.45) is 0. The summed E-state index contributed by atoms with van der Waals surface area (Å²) in [6, 6.07) is 9.16. The standard InChI is InChI=1S/C21H21F2N3O3/c1-12(2)13-4-6-14(7-5-13)21(3)19(28)26(20(29)25-21)11-18(27)24-17-10-15(22)8-9-16(17)23/h4-10,12H,11H2,1-3H3,(H,24,27)(H,25,29)/t21-/m0/s1. The summed E-state index contributed by atoms with van der Waals surface area (Å²) in [7, 11) is 0. The molecule has 8 heteroatoms. The molecular weight excluding hydrogens is 380 g/mol. The molecule has 1 heterocycles. The Balaban J connectivity index is 1.76. The SMILES string of the molecule is CC(C)c1ccc([C@]2(C)NC(=O)N(CC(=O)Nc3cc(F)ccc3F)C2=O)cc1. The Morgan fingerprint density at radius 1 is 1.14 bits per heavy atom. The van der Waals surface area contributed by atoms with E-state index in [9.17, 15) is 23.2 Å². The maximum atomic E-state index is 13.7. The summed E-state index contributed by atoms with van der Waals surface area (Å²) in [5.74, 6) is -2.66. The number of anilines is 1. The molecule has 0 radical (unpaired) electrons. The van der Waals surface area contributed by atoms with Crippen molar-refractivity contribution in [2.24, 2.45) is 0 Å². The normalized spacial score (nSPS) is 18.9. The van der Waals surface area contributed by atoms with Gasteiger partial charge in [-0.15, -0.1) is 0 Å². The maximum Gasteiger partial charge on any atom is 0.325 e. The lowest BCUT2D eigenvalue weighted by molar-refractivity contribution is -0.133. The quantitative estimate of drug-likeness (QED) is 0.753. The minimum atomic E-state index is -1.32. The second kappa shape index (κ2) is 7.62. The Kier molecular flexibility index (Phi) is 5.37. The van der Waals surface area contributed by atoms with Crippen LogP contribution in [0.4, 0.5) is 19.3 Å². The second-order valence-electron chi connectivity index (χ2n) is 7.40. The van der Waals surface area contributed by atoms with Crippen LogP contribution >= 0.6 is 0 Å². The number of halogens is 2. The lowest BCUT2D eigenvalue weighted by atomic mass is 9.90. The summed E-state index contributed by atoms with van der Waals surface area (Å²) in [5, 5.41) is 4.79. The number of carbonyl (C=O) groups is 3. The molecule has 1 aliphatic rings. The van der Waals surface area contributed by atoms with Crippen molar-refractivity contribution in [1.82, 2.24) is 10.2 Å². The van der Waals surface area contributed by atoms with Gasteiger partial charge in [-0.1, -0.05) is 38.1 Å². The molecule has 0 saturated carbocycles. The molecule has 2 N–H and O–H groups in total. The van der Waals surface area contributed by atoms with Crippen LogP contribution in [0.5, 0.6) is 0 Å². The third-order valence-electron chi connectivity index (χ3n) is 4.93. The molecule has 2 aromatic carbocycles. The van der Waals surface area contributed by atoms with Crippen molar-refractivity contribution in [3.63, 3.8) is 0 Å². The largest absolute Gasteiger partial charge is 0.325 e. The Hall–Kier alpha value is -3.29. The van der Waals surface area contributed by atoms with E-state index in [-0.39, 0.29) is 5.69 Å². The molecule has 0 unspecified atom stereocenters. The van der Waals surface area contributed by atoms with Crippen molar-refractivity contribution < 1.29 is 23.2 Å². The third-order valence-corrected chi connectivity index (χ3v) is 4.93.